The van der Waals surface area contributed by atoms with E-state index < -0.39 is 0 Å². The quantitative estimate of drug-likeness (QED) is 0.564. The number of hydrogen-bond donors (Lipinski definition) is 0. The van der Waals surface area contributed by atoms with Gasteiger partial charge in [0.25, 0.3) is 5.91 Å². The molecule has 1 rings (SSSR count). The maximum atomic E-state index is 11.1. The van der Waals surface area contributed by atoms with Gasteiger partial charge < -0.3 is 4.90 Å². The van der Waals surface area contributed by atoms with Crippen LogP contribution in [0.25, 0.3) is 0 Å². The van der Waals surface area contributed by atoms with Crippen molar-refractivity contribution in [2.24, 2.45) is 5.92 Å². The first-order valence-electron chi connectivity index (χ1n) is 4.40. The third kappa shape index (κ3) is 1.61. The Morgan fingerprint density at radius 3 is 2.58 bits per heavy atom. The van der Waals surface area contributed by atoms with Crippen molar-refractivity contribution in [2.45, 2.75) is 32.2 Å². The summed E-state index contributed by atoms with van der Waals surface area (Å²) in [6, 6.07) is 0.308. The van der Waals surface area contributed by atoms with Crippen molar-refractivity contribution >= 4 is 5.91 Å². The summed E-state index contributed by atoms with van der Waals surface area (Å²) in [7, 11) is 1.78. The highest BCUT2D eigenvalue weighted by atomic mass is 16.2. The van der Waals surface area contributed by atoms with E-state index >= 15 is 0 Å². The van der Waals surface area contributed by atoms with E-state index in [-0.39, 0.29) is 5.91 Å². The monoisotopic (exact) mass is 165 g/mol. The Kier molecular flexibility index (Phi) is 2.75. The largest absolute Gasteiger partial charge is 0.332 e. The fourth-order valence-electron chi connectivity index (χ4n) is 1.53. The summed E-state index contributed by atoms with van der Waals surface area (Å²) in [4.78, 5) is 12.8. The summed E-state index contributed by atoms with van der Waals surface area (Å²) in [5.41, 5.74) is 0. The second kappa shape index (κ2) is 3.62. The van der Waals surface area contributed by atoms with E-state index in [2.05, 4.69) is 12.8 Å². The summed E-state index contributed by atoms with van der Waals surface area (Å²) in [6.07, 6.45) is 8.81. The molecule has 12 heavy (non-hydrogen) atoms. The lowest BCUT2D eigenvalue weighted by Crippen LogP contribution is -2.41. The van der Waals surface area contributed by atoms with E-state index in [4.69, 9.17) is 6.42 Å². The van der Waals surface area contributed by atoms with Gasteiger partial charge >= 0.3 is 0 Å². The topological polar surface area (TPSA) is 20.3 Å². The average molecular weight is 165 g/mol. The van der Waals surface area contributed by atoms with Crippen LogP contribution in [0.5, 0.6) is 0 Å². The third-order valence-corrected chi connectivity index (χ3v) is 2.89. The number of rotatable bonds is 2. The van der Waals surface area contributed by atoms with Gasteiger partial charge in [-0.3, -0.25) is 4.79 Å². The van der Waals surface area contributed by atoms with E-state index in [1.54, 1.807) is 11.9 Å². The lowest BCUT2D eigenvalue weighted by molar-refractivity contribution is -0.127. The predicted molar refractivity (Wildman–Crippen MR) is 48.4 cm³/mol. The van der Waals surface area contributed by atoms with Gasteiger partial charge in [-0.05, 0) is 31.6 Å². The molecule has 0 spiro atoms. The molecule has 0 bridgehead atoms. The van der Waals surface area contributed by atoms with Crippen molar-refractivity contribution in [3.63, 3.8) is 0 Å². The normalized spacial score (nSPS) is 19.1. The molecule has 0 aromatic rings. The summed E-state index contributed by atoms with van der Waals surface area (Å²) in [5.74, 6) is 2.61. The van der Waals surface area contributed by atoms with Crippen molar-refractivity contribution in [1.82, 2.24) is 4.90 Å². The van der Waals surface area contributed by atoms with E-state index in [0.717, 1.165) is 0 Å². The van der Waals surface area contributed by atoms with Crippen LogP contribution in [0, 0.1) is 18.3 Å². The van der Waals surface area contributed by atoms with Crippen LogP contribution in [0.15, 0.2) is 0 Å². The van der Waals surface area contributed by atoms with Gasteiger partial charge in [-0.1, -0.05) is 6.42 Å². The Hall–Kier alpha value is -0.970. The lowest BCUT2D eigenvalue weighted by atomic mass is 9.80. The number of carbonyl (C=O) groups is 1. The van der Waals surface area contributed by atoms with Crippen molar-refractivity contribution in [2.75, 3.05) is 7.05 Å². The molecule has 0 aromatic carbocycles. The molecule has 1 unspecified atom stereocenters. The fourth-order valence-corrected chi connectivity index (χ4v) is 1.53. The summed E-state index contributed by atoms with van der Waals surface area (Å²) in [5, 5.41) is 0. The van der Waals surface area contributed by atoms with Gasteiger partial charge in [0.15, 0.2) is 0 Å². The third-order valence-electron chi connectivity index (χ3n) is 2.89. The molecule has 1 amide bonds. The average Bonchev–Trinajstić information content (AvgIpc) is 1.98. The van der Waals surface area contributed by atoms with Gasteiger partial charge in [0.2, 0.25) is 0 Å². The van der Waals surface area contributed by atoms with Gasteiger partial charge in [0, 0.05) is 13.1 Å². The molecule has 2 nitrogen and oxygen atoms in total. The molecule has 0 aliphatic heterocycles. The van der Waals surface area contributed by atoms with Crippen LogP contribution < -0.4 is 0 Å². The van der Waals surface area contributed by atoms with Crippen molar-refractivity contribution in [1.29, 1.82) is 0 Å². The Bertz CT molecular complexity index is 212. The van der Waals surface area contributed by atoms with Crippen LogP contribution in [0.2, 0.25) is 0 Å². The first-order chi connectivity index (χ1) is 5.66. The van der Waals surface area contributed by atoms with Gasteiger partial charge in [0.1, 0.15) is 0 Å². The SMILES string of the molecule is C#CC(=O)N(C)C(C)C1CCC1. The highest BCUT2D eigenvalue weighted by Crippen LogP contribution is 2.31. The molecule has 1 aliphatic carbocycles. The van der Waals surface area contributed by atoms with Crippen molar-refractivity contribution < 1.29 is 4.79 Å². The first kappa shape index (κ1) is 9.12. The molecule has 1 atom stereocenters. The summed E-state index contributed by atoms with van der Waals surface area (Å²) >= 11 is 0. The van der Waals surface area contributed by atoms with Crippen LogP contribution >= 0.6 is 0 Å². The predicted octanol–water partition coefficient (Wildman–Crippen LogP) is 1.27. The molecule has 1 saturated carbocycles. The van der Waals surface area contributed by atoms with Crippen LogP contribution in [0.1, 0.15) is 26.2 Å². The summed E-state index contributed by atoms with van der Waals surface area (Å²) in [6.45, 7) is 2.07. The Morgan fingerprint density at radius 2 is 2.25 bits per heavy atom. The fraction of sp³-hybridized carbons (Fsp3) is 0.700. The molecule has 0 heterocycles. The number of nitrogens with zero attached hydrogens (tertiary/aromatic N) is 1. The molecular formula is C10H15NO. The lowest BCUT2D eigenvalue weighted by Gasteiger charge is -2.36. The molecule has 0 saturated heterocycles. The number of terminal acetylenes is 1. The van der Waals surface area contributed by atoms with Crippen molar-refractivity contribution in [3.05, 3.63) is 0 Å². The first-order valence-corrected chi connectivity index (χ1v) is 4.40. The zero-order valence-corrected chi connectivity index (χ0v) is 7.71. The Labute approximate surface area is 73.9 Å². The van der Waals surface area contributed by atoms with Gasteiger partial charge in [-0.15, -0.1) is 6.42 Å². The standard InChI is InChI=1S/C10H15NO/c1-4-10(12)11(3)8(2)9-6-5-7-9/h1,8-9H,5-7H2,2-3H3. The van der Waals surface area contributed by atoms with E-state index in [1.165, 1.54) is 19.3 Å². The maximum absolute atomic E-state index is 11.1. The second-order valence-electron chi connectivity index (χ2n) is 3.49. The molecular weight excluding hydrogens is 150 g/mol. The molecule has 66 valence electrons. The number of carbonyl (C=O) groups excluding carboxylic acids is 1. The number of amides is 1. The van der Waals surface area contributed by atoms with E-state index in [9.17, 15) is 4.79 Å². The Balaban J connectivity index is 2.46. The minimum atomic E-state index is -0.200. The number of hydrogen-bond acceptors (Lipinski definition) is 1. The molecule has 0 radical (unpaired) electrons. The van der Waals surface area contributed by atoms with Crippen molar-refractivity contribution in [3.8, 4) is 12.3 Å². The molecule has 1 fully saturated rings. The molecule has 1 aliphatic rings. The highest BCUT2D eigenvalue weighted by molar-refractivity contribution is 5.92. The zero-order valence-electron chi connectivity index (χ0n) is 7.71. The zero-order chi connectivity index (χ0) is 9.14. The smallest absolute Gasteiger partial charge is 0.298 e. The maximum Gasteiger partial charge on any atom is 0.298 e. The minimum absolute atomic E-state index is 0.200. The minimum Gasteiger partial charge on any atom is -0.332 e. The van der Waals surface area contributed by atoms with Crippen LogP contribution in [0.3, 0.4) is 0 Å². The summed E-state index contributed by atoms with van der Waals surface area (Å²) < 4.78 is 0. The second-order valence-corrected chi connectivity index (χ2v) is 3.49. The van der Waals surface area contributed by atoms with Gasteiger partial charge in [0.05, 0.1) is 0 Å². The highest BCUT2D eigenvalue weighted by Gasteiger charge is 2.28. The van der Waals surface area contributed by atoms with E-state index in [1.807, 2.05) is 0 Å². The van der Waals surface area contributed by atoms with Crippen LogP contribution in [-0.4, -0.2) is 23.9 Å². The van der Waals surface area contributed by atoms with Gasteiger partial charge in [-0.2, -0.15) is 0 Å². The molecule has 0 N–H and O–H groups in total. The van der Waals surface area contributed by atoms with Crippen LogP contribution in [-0.2, 0) is 4.79 Å². The molecule has 2 heteroatoms. The van der Waals surface area contributed by atoms with Crippen LogP contribution in [0.4, 0.5) is 0 Å². The Morgan fingerprint density at radius 1 is 1.67 bits per heavy atom. The van der Waals surface area contributed by atoms with E-state index in [0.29, 0.717) is 12.0 Å². The van der Waals surface area contributed by atoms with Gasteiger partial charge in [-0.25, -0.2) is 0 Å². The molecule has 0 aromatic heterocycles.